The summed E-state index contributed by atoms with van der Waals surface area (Å²) in [5.74, 6) is 1.11. The average molecular weight is 420 g/mol. The lowest BCUT2D eigenvalue weighted by Gasteiger charge is -2.08. The molecule has 3 aromatic carbocycles. The third kappa shape index (κ3) is 5.04. The second-order valence-corrected chi connectivity index (χ2v) is 6.94. The van der Waals surface area contributed by atoms with Crippen LogP contribution in [0, 0.1) is 0 Å². The number of rotatable bonds is 7. The molecule has 0 unspecified atom stereocenters. The molecule has 7 heteroatoms. The first-order valence-electron chi connectivity index (χ1n) is 9.31. The first-order chi connectivity index (χ1) is 14.7. The summed E-state index contributed by atoms with van der Waals surface area (Å²) < 4.78 is 11.0. The molecule has 30 heavy (non-hydrogen) atoms. The Morgan fingerprint density at radius 2 is 1.80 bits per heavy atom. The molecule has 0 saturated heterocycles. The second kappa shape index (κ2) is 9.24. The van der Waals surface area contributed by atoms with Gasteiger partial charge in [-0.1, -0.05) is 53.2 Å². The van der Waals surface area contributed by atoms with Crippen molar-refractivity contribution in [1.82, 2.24) is 15.5 Å². The van der Waals surface area contributed by atoms with Crippen LogP contribution in [-0.2, 0) is 13.2 Å². The molecule has 4 rings (SSSR count). The van der Waals surface area contributed by atoms with E-state index in [1.54, 1.807) is 42.5 Å². The van der Waals surface area contributed by atoms with Gasteiger partial charge in [-0.15, -0.1) is 0 Å². The van der Waals surface area contributed by atoms with Crippen molar-refractivity contribution in [2.45, 2.75) is 13.2 Å². The molecule has 1 amide bonds. The van der Waals surface area contributed by atoms with Gasteiger partial charge >= 0.3 is 0 Å². The smallest absolute Gasteiger partial charge is 0.251 e. The summed E-state index contributed by atoms with van der Waals surface area (Å²) in [5, 5.41) is 7.34. The van der Waals surface area contributed by atoms with E-state index in [0.29, 0.717) is 34.7 Å². The molecule has 0 aliphatic rings. The topological polar surface area (TPSA) is 77.3 Å². The molecule has 0 spiro atoms. The van der Waals surface area contributed by atoms with Gasteiger partial charge in [0.05, 0.1) is 6.54 Å². The number of hydrogen-bond acceptors (Lipinski definition) is 5. The number of nitrogens with zero attached hydrogens (tertiary/aromatic N) is 2. The number of amides is 1. The van der Waals surface area contributed by atoms with Crippen LogP contribution in [0.25, 0.3) is 11.4 Å². The van der Waals surface area contributed by atoms with Crippen LogP contribution in [0.4, 0.5) is 0 Å². The number of aromatic nitrogens is 2. The molecule has 0 aliphatic heterocycles. The molecular formula is C23H18ClN3O3. The van der Waals surface area contributed by atoms with Gasteiger partial charge in [-0.25, -0.2) is 0 Å². The summed E-state index contributed by atoms with van der Waals surface area (Å²) in [6.07, 6.45) is 0. The number of carbonyl (C=O) groups excluding carboxylic acids is 1. The van der Waals surface area contributed by atoms with Crippen molar-refractivity contribution in [3.8, 4) is 17.1 Å². The Labute approximate surface area is 178 Å². The minimum absolute atomic E-state index is 0.120. The van der Waals surface area contributed by atoms with Crippen LogP contribution in [-0.4, -0.2) is 16.0 Å². The van der Waals surface area contributed by atoms with Gasteiger partial charge in [-0.3, -0.25) is 4.79 Å². The van der Waals surface area contributed by atoms with E-state index in [0.717, 1.165) is 11.1 Å². The van der Waals surface area contributed by atoms with E-state index >= 15 is 0 Å². The summed E-state index contributed by atoms with van der Waals surface area (Å²) in [5.41, 5.74) is 2.32. The van der Waals surface area contributed by atoms with Crippen molar-refractivity contribution in [2.24, 2.45) is 0 Å². The molecule has 0 aliphatic carbocycles. The first-order valence-corrected chi connectivity index (χ1v) is 9.69. The van der Waals surface area contributed by atoms with Crippen molar-refractivity contribution in [3.63, 3.8) is 0 Å². The summed E-state index contributed by atoms with van der Waals surface area (Å²) in [6, 6.07) is 24.0. The van der Waals surface area contributed by atoms with Crippen molar-refractivity contribution in [1.29, 1.82) is 0 Å². The molecule has 0 atom stereocenters. The SMILES string of the molecule is O=C(NCc1nc(-c2ccc(Cl)cc2)no1)c1cccc(OCc2ccccc2)c1. The molecular weight excluding hydrogens is 402 g/mol. The number of hydrogen-bond donors (Lipinski definition) is 1. The van der Waals surface area contributed by atoms with E-state index in [9.17, 15) is 4.79 Å². The monoisotopic (exact) mass is 419 g/mol. The molecule has 150 valence electrons. The standard InChI is InChI=1S/C23H18ClN3O3/c24-19-11-9-17(10-12-19)22-26-21(30-27-22)14-25-23(28)18-7-4-8-20(13-18)29-15-16-5-2-1-3-6-16/h1-13H,14-15H2,(H,25,28). The van der Waals surface area contributed by atoms with Crippen LogP contribution >= 0.6 is 11.6 Å². The quantitative estimate of drug-likeness (QED) is 0.461. The van der Waals surface area contributed by atoms with Gasteiger partial charge in [-0.2, -0.15) is 4.98 Å². The van der Waals surface area contributed by atoms with Crippen LogP contribution in [0.5, 0.6) is 5.75 Å². The summed E-state index contributed by atoms with van der Waals surface area (Å²) in [6.45, 7) is 0.551. The fourth-order valence-electron chi connectivity index (χ4n) is 2.77. The van der Waals surface area contributed by atoms with Gasteiger partial charge < -0.3 is 14.6 Å². The maximum atomic E-state index is 12.5. The fourth-order valence-corrected chi connectivity index (χ4v) is 2.89. The summed E-state index contributed by atoms with van der Waals surface area (Å²) in [4.78, 5) is 16.8. The zero-order valence-corrected chi connectivity index (χ0v) is 16.7. The van der Waals surface area contributed by atoms with Gasteiger partial charge in [0.25, 0.3) is 5.91 Å². The van der Waals surface area contributed by atoms with Gasteiger partial charge in [-0.05, 0) is 48.0 Å². The van der Waals surface area contributed by atoms with E-state index in [2.05, 4.69) is 15.5 Å². The highest BCUT2D eigenvalue weighted by atomic mass is 35.5. The highest BCUT2D eigenvalue weighted by molar-refractivity contribution is 6.30. The van der Waals surface area contributed by atoms with Crippen LogP contribution in [0.1, 0.15) is 21.8 Å². The Morgan fingerprint density at radius 1 is 1.00 bits per heavy atom. The minimum atomic E-state index is -0.258. The average Bonchev–Trinajstić information content (AvgIpc) is 3.26. The van der Waals surface area contributed by atoms with E-state index in [-0.39, 0.29) is 12.5 Å². The Morgan fingerprint density at radius 3 is 2.60 bits per heavy atom. The molecule has 0 saturated carbocycles. The van der Waals surface area contributed by atoms with E-state index < -0.39 is 0 Å². The van der Waals surface area contributed by atoms with Gasteiger partial charge in [0.2, 0.25) is 11.7 Å². The normalized spacial score (nSPS) is 10.6. The zero-order valence-electron chi connectivity index (χ0n) is 15.9. The Hall–Kier alpha value is -3.64. The Bertz CT molecular complexity index is 1130. The summed E-state index contributed by atoms with van der Waals surface area (Å²) >= 11 is 5.89. The molecule has 0 bridgehead atoms. The van der Waals surface area contributed by atoms with E-state index in [4.69, 9.17) is 20.9 Å². The minimum Gasteiger partial charge on any atom is -0.489 e. The van der Waals surface area contributed by atoms with Gasteiger partial charge in [0, 0.05) is 16.1 Å². The predicted molar refractivity (Wildman–Crippen MR) is 113 cm³/mol. The number of benzene rings is 3. The lowest BCUT2D eigenvalue weighted by molar-refractivity contribution is 0.0945. The molecule has 1 N–H and O–H groups in total. The van der Waals surface area contributed by atoms with Crippen molar-refractivity contribution in [2.75, 3.05) is 0 Å². The number of ether oxygens (including phenoxy) is 1. The van der Waals surface area contributed by atoms with Crippen molar-refractivity contribution >= 4 is 17.5 Å². The maximum absolute atomic E-state index is 12.5. The number of halogens is 1. The van der Waals surface area contributed by atoms with Gasteiger partial charge in [0.1, 0.15) is 12.4 Å². The van der Waals surface area contributed by atoms with Crippen molar-refractivity contribution < 1.29 is 14.1 Å². The van der Waals surface area contributed by atoms with E-state index in [1.807, 2.05) is 36.4 Å². The molecule has 0 radical (unpaired) electrons. The largest absolute Gasteiger partial charge is 0.489 e. The van der Waals surface area contributed by atoms with Crippen LogP contribution < -0.4 is 10.1 Å². The molecule has 1 heterocycles. The Kier molecular flexibility index (Phi) is 6.06. The predicted octanol–water partition coefficient (Wildman–Crippen LogP) is 4.90. The first kappa shape index (κ1) is 19.7. The summed E-state index contributed by atoms with van der Waals surface area (Å²) in [7, 11) is 0. The van der Waals surface area contributed by atoms with Crippen LogP contribution in [0.2, 0.25) is 5.02 Å². The molecule has 4 aromatic rings. The molecule has 1 aromatic heterocycles. The zero-order chi connectivity index (χ0) is 20.8. The highest BCUT2D eigenvalue weighted by Gasteiger charge is 2.12. The lowest BCUT2D eigenvalue weighted by atomic mass is 10.2. The second-order valence-electron chi connectivity index (χ2n) is 6.50. The van der Waals surface area contributed by atoms with E-state index in [1.165, 1.54) is 0 Å². The number of nitrogens with one attached hydrogen (secondary N) is 1. The third-order valence-corrected chi connectivity index (χ3v) is 4.57. The van der Waals surface area contributed by atoms with Crippen molar-refractivity contribution in [3.05, 3.63) is 101 Å². The maximum Gasteiger partial charge on any atom is 0.251 e. The molecule has 0 fully saturated rings. The van der Waals surface area contributed by atoms with Crippen LogP contribution in [0.15, 0.2) is 83.4 Å². The number of carbonyl (C=O) groups is 1. The lowest BCUT2D eigenvalue weighted by Crippen LogP contribution is -2.22. The fraction of sp³-hybridized carbons (Fsp3) is 0.0870. The molecule has 6 nitrogen and oxygen atoms in total. The van der Waals surface area contributed by atoms with Gasteiger partial charge in [0.15, 0.2) is 0 Å². The van der Waals surface area contributed by atoms with Crippen LogP contribution in [0.3, 0.4) is 0 Å². The third-order valence-electron chi connectivity index (χ3n) is 4.32. The highest BCUT2D eigenvalue weighted by Crippen LogP contribution is 2.19. The Balaban J connectivity index is 1.34.